The molecule has 0 bridgehead atoms. The summed E-state index contributed by atoms with van der Waals surface area (Å²) in [6, 6.07) is 2.34. The minimum Gasteiger partial charge on any atom is -0.480 e. The van der Waals surface area contributed by atoms with Crippen LogP contribution in [0.5, 0.6) is 0 Å². The van der Waals surface area contributed by atoms with Gasteiger partial charge in [-0.15, -0.1) is 0 Å². The molecule has 1 aromatic carbocycles. The van der Waals surface area contributed by atoms with E-state index in [0.717, 1.165) is 10.4 Å². The standard InChI is InChI=1S/C20H23Cl2N7O7S/c21-10-2-1-9(5-11(10)22)37(34,35)28(4-3-12(23)20(32)33)6-13-15(30)16(31)19(36-13)29-8-27-14-17(24)25-7-26-18(14)29/h1-2,5,7-8,12-13,15-16,19,30-31H,3-4,6,23H2,(H,32,33)(H2,24,25,26)/t12-,13+,15+,16+,19+/m0/s1. The van der Waals surface area contributed by atoms with Gasteiger partial charge in [-0.05, 0) is 24.6 Å². The molecule has 3 heterocycles. The summed E-state index contributed by atoms with van der Waals surface area (Å²) in [6.07, 6.45) is -3.18. The number of anilines is 1. The predicted octanol–water partition coefficient (Wildman–Crippen LogP) is -0.173. The number of nitrogens with two attached hydrogens (primary N) is 2. The Morgan fingerprint density at radius 3 is 2.59 bits per heavy atom. The Hall–Kier alpha value is -2.63. The minimum atomic E-state index is -4.29. The number of hydrogen-bond acceptors (Lipinski definition) is 11. The van der Waals surface area contributed by atoms with Crippen LogP contribution in [0.1, 0.15) is 12.6 Å². The summed E-state index contributed by atoms with van der Waals surface area (Å²) in [7, 11) is -4.29. The number of rotatable bonds is 9. The average Bonchev–Trinajstić information content (AvgIpc) is 3.40. The molecule has 4 rings (SSSR count). The first kappa shape index (κ1) is 27.4. The molecule has 1 aliphatic heterocycles. The Morgan fingerprint density at radius 1 is 1.19 bits per heavy atom. The first-order chi connectivity index (χ1) is 17.4. The number of carboxylic acid groups (broad SMARTS) is 1. The van der Waals surface area contributed by atoms with Crippen molar-refractivity contribution in [3.05, 3.63) is 40.9 Å². The largest absolute Gasteiger partial charge is 0.480 e. The third-order valence-corrected chi connectivity index (χ3v) is 8.52. The number of imidazole rings is 1. The quantitative estimate of drug-likeness (QED) is 0.224. The second-order valence-electron chi connectivity index (χ2n) is 8.30. The molecule has 0 radical (unpaired) electrons. The molecule has 7 N–H and O–H groups in total. The highest BCUT2D eigenvalue weighted by molar-refractivity contribution is 7.89. The lowest BCUT2D eigenvalue weighted by Gasteiger charge is -2.27. The molecule has 0 aliphatic carbocycles. The number of aliphatic carboxylic acids is 1. The van der Waals surface area contributed by atoms with Gasteiger partial charge >= 0.3 is 5.97 Å². The van der Waals surface area contributed by atoms with Gasteiger partial charge in [0.15, 0.2) is 17.7 Å². The molecule has 0 unspecified atom stereocenters. The van der Waals surface area contributed by atoms with Gasteiger partial charge in [0.25, 0.3) is 0 Å². The van der Waals surface area contributed by atoms with Crippen LogP contribution in [0.2, 0.25) is 10.0 Å². The molecule has 1 aliphatic rings. The number of aliphatic hydroxyl groups excluding tert-OH is 2. The van der Waals surface area contributed by atoms with E-state index in [1.807, 2.05) is 0 Å². The molecule has 5 atom stereocenters. The number of hydrogen-bond donors (Lipinski definition) is 5. The van der Waals surface area contributed by atoms with Crippen LogP contribution in [0.15, 0.2) is 35.7 Å². The van der Waals surface area contributed by atoms with Crippen LogP contribution in [-0.2, 0) is 19.6 Å². The van der Waals surface area contributed by atoms with Crippen molar-refractivity contribution in [3.63, 3.8) is 0 Å². The first-order valence-corrected chi connectivity index (χ1v) is 13.0. The maximum absolute atomic E-state index is 13.5. The summed E-state index contributed by atoms with van der Waals surface area (Å²) in [5, 5.41) is 30.7. The number of ether oxygens (including phenoxy) is 1. The van der Waals surface area contributed by atoms with Gasteiger partial charge in [-0.1, -0.05) is 23.2 Å². The second kappa shape index (κ2) is 10.6. The Bertz CT molecular complexity index is 1420. The zero-order chi connectivity index (χ0) is 27.1. The number of fused-ring (bicyclic) bond motifs is 1. The molecule has 0 saturated carbocycles. The predicted molar refractivity (Wildman–Crippen MR) is 131 cm³/mol. The van der Waals surface area contributed by atoms with Crippen LogP contribution in [0.25, 0.3) is 11.2 Å². The highest BCUT2D eigenvalue weighted by atomic mass is 35.5. The number of halogens is 2. The smallest absolute Gasteiger partial charge is 0.320 e. The molecule has 1 fully saturated rings. The van der Waals surface area contributed by atoms with Gasteiger partial charge in [0.1, 0.15) is 36.2 Å². The fraction of sp³-hybridized carbons (Fsp3) is 0.400. The van der Waals surface area contributed by atoms with Gasteiger partial charge in [0.05, 0.1) is 21.3 Å². The fourth-order valence-electron chi connectivity index (χ4n) is 3.87. The van der Waals surface area contributed by atoms with Gasteiger partial charge in [0.2, 0.25) is 10.0 Å². The van der Waals surface area contributed by atoms with E-state index >= 15 is 0 Å². The topological polar surface area (TPSA) is 220 Å². The third kappa shape index (κ3) is 5.35. The van der Waals surface area contributed by atoms with E-state index in [4.69, 9.17) is 44.5 Å². The fourth-order valence-corrected chi connectivity index (χ4v) is 5.73. The van der Waals surface area contributed by atoms with E-state index in [1.54, 1.807) is 0 Å². The van der Waals surface area contributed by atoms with Crippen LogP contribution in [-0.4, -0.2) is 91.0 Å². The second-order valence-corrected chi connectivity index (χ2v) is 11.1. The molecular formula is C20H23Cl2N7O7S. The maximum atomic E-state index is 13.5. The summed E-state index contributed by atoms with van der Waals surface area (Å²) in [6.45, 7) is -0.783. The third-order valence-electron chi connectivity index (χ3n) is 5.92. The molecule has 0 amide bonds. The molecule has 17 heteroatoms. The van der Waals surface area contributed by atoms with E-state index in [1.165, 1.54) is 29.4 Å². The summed E-state index contributed by atoms with van der Waals surface area (Å²) < 4.78 is 35.0. The highest BCUT2D eigenvalue weighted by Gasteiger charge is 2.46. The van der Waals surface area contributed by atoms with Crippen LogP contribution in [0.4, 0.5) is 5.82 Å². The summed E-state index contributed by atoms with van der Waals surface area (Å²) >= 11 is 11.9. The molecule has 3 aromatic rings. The summed E-state index contributed by atoms with van der Waals surface area (Å²) in [4.78, 5) is 23.0. The maximum Gasteiger partial charge on any atom is 0.320 e. The number of carbonyl (C=O) groups is 1. The van der Waals surface area contributed by atoms with Crippen molar-refractivity contribution in [2.24, 2.45) is 5.73 Å². The lowest BCUT2D eigenvalue weighted by molar-refractivity contribution is -0.138. The van der Waals surface area contributed by atoms with Crippen molar-refractivity contribution in [1.29, 1.82) is 0 Å². The van der Waals surface area contributed by atoms with Gasteiger partial charge < -0.3 is 31.5 Å². The van der Waals surface area contributed by atoms with E-state index in [0.29, 0.717) is 0 Å². The van der Waals surface area contributed by atoms with Crippen molar-refractivity contribution < 1.29 is 33.3 Å². The lowest BCUT2D eigenvalue weighted by atomic mass is 10.1. The monoisotopic (exact) mass is 575 g/mol. The molecule has 37 heavy (non-hydrogen) atoms. The van der Waals surface area contributed by atoms with Crippen molar-refractivity contribution >= 4 is 56.2 Å². The molecule has 200 valence electrons. The number of nitrogens with zero attached hydrogens (tertiary/aromatic N) is 5. The van der Waals surface area contributed by atoms with Crippen molar-refractivity contribution in [1.82, 2.24) is 23.8 Å². The molecular weight excluding hydrogens is 553 g/mol. The lowest BCUT2D eigenvalue weighted by Crippen LogP contribution is -2.45. The SMILES string of the molecule is Nc1ncnc2c1ncn2[C@@H]1O[C@H](CN(CC[C@H](N)C(=O)O)S(=O)(=O)c2ccc(Cl)c(Cl)c2)[C@@H](O)[C@H]1O. The normalized spacial score (nSPS) is 23.1. The molecule has 14 nitrogen and oxygen atoms in total. The number of sulfonamides is 1. The number of nitrogen functional groups attached to an aromatic ring is 1. The average molecular weight is 576 g/mol. The molecule has 2 aromatic heterocycles. The van der Waals surface area contributed by atoms with E-state index in [2.05, 4.69) is 15.0 Å². The summed E-state index contributed by atoms with van der Waals surface area (Å²) in [5.74, 6) is -1.21. The van der Waals surface area contributed by atoms with Gasteiger partial charge in [-0.2, -0.15) is 4.31 Å². The Kier molecular flexibility index (Phi) is 7.87. The Labute approximate surface area is 220 Å². The first-order valence-electron chi connectivity index (χ1n) is 10.8. The van der Waals surface area contributed by atoms with Crippen LogP contribution < -0.4 is 11.5 Å². The van der Waals surface area contributed by atoms with E-state index in [9.17, 15) is 23.4 Å². The minimum absolute atomic E-state index is 0.00850. The highest BCUT2D eigenvalue weighted by Crippen LogP contribution is 2.34. The van der Waals surface area contributed by atoms with Gasteiger partial charge in [0, 0.05) is 13.1 Å². The zero-order valence-corrected chi connectivity index (χ0v) is 21.3. The van der Waals surface area contributed by atoms with Gasteiger partial charge in [-0.25, -0.2) is 23.4 Å². The number of aliphatic hydroxyl groups is 2. The van der Waals surface area contributed by atoms with Gasteiger partial charge in [-0.3, -0.25) is 9.36 Å². The number of aromatic nitrogens is 4. The van der Waals surface area contributed by atoms with Crippen molar-refractivity contribution in [2.45, 2.75) is 41.9 Å². The number of benzene rings is 1. The molecule has 0 spiro atoms. The molecule has 1 saturated heterocycles. The zero-order valence-electron chi connectivity index (χ0n) is 18.9. The van der Waals surface area contributed by atoms with Crippen molar-refractivity contribution in [2.75, 3.05) is 18.8 Å². The van der Waals surface area contributed by atoms with Crippen LogP contribution in [0.3, 0.4) is 0 Å². The van der Waals surface area contributed by atoms with Crippen LogP contribution >= 0.6 is 23.2 Å². The Balaban J connectivity index is 1.63. The van der Waals surface area contributed by atoms with Crippen LogP contribution in [0, 0.1) is 0 Å². The van der Waals surface area contributed by atoms with E-state index < -0.39 is 53.1 Å². The van der Waals surface area contributed by atoms with Crippen molar-refractivity contribution in [3.8, 4) is 0 Å². The number of carboxylic acids is 1. The van der Waals surface area contributed by atoms with E-state index in [-0.39, 0.29) is 44.9 Å². The summed E-state index contributed by atoms with van der Waals surface area (Å²) in [5.41, 5.74) is 11.9. The Morgan fingerprint density at radius 2 is 1.92 bits per heavy atom.